The van der Waals surface area contributed by atoms with Gasteiger partial charge in [-0.25, -0.2) is 4.79 Å². The number of nitrogen functional groups attached to an aromatic ring is 1. The van der Waals surface area contributed by atoms with E-state index in [-0.39, 0.29) is 17.1 Å². The summed E-state index contributed by atoms with van der Waals surface area (Å²) >= 11 is 0. The van der Waals surface area contributed by atoms with Crippen LogP contribution in [0.1, 0.15) is 6.92 Å². The van der Waals surface area contributed by atoms with Crippen molar-refractivity contribution in [3.05, 3.63) is 33.0 Å². The number of nitrogens with two attached hydrogens (primary N) is 1. The van der Waals surface area contributed by atoms with Gasteiger partial charge in [-0.1, -0.05) is 12.2 Å². The quantitative estimate of drug-likeness (QED) is 0.691. The van der Waals surface area contributed by atoms with Crippen molar-refractivity contribution in [1.82, 2.24) is 19.1 Å². The van der Waals surface area contributed by atoms with Crippen LogP contribution < -0.4 is 17.0 Å². The van der Waals surface area contributed by atoms with E-state index in [1.165, 1.54) is 16.2 Å². The van der Waals surface area contributed by atoms with Crippen molar-refractivity contribution in [2.75, 3.05) is 5.73 Å². The van der Waals surface area contributed by atoms with E-state index in [1.807, 2.05) is 6.92 Å². The summed E-state index contributed by atoms with van der Waals surface area (Å²) in [4.78, 5) is 29.4. The number of anilines is 1. The Morgan fingerprint density at radius 3 is 2.76 bits per heavy atom. The summed E-state index contributed by atoms with van der Waals surface area (Å²) in [6.07, 6.45) is 0. The molecule has 2 heterocycles. The minimum atomic E-state index is -0.512. The smallest absolute Gasteiger partial charge is 0.329 e. The molecule has 0 bridgehead atoms. The molecule has 0 radical (unpaired) electrons. The van der Waals surface area contributed by atoms with Crippen molar-refractivity contribution >= 4 is 17.1 Å². The minimum Gasteiger partial charge on any atom is -0.369 e. The van der Waals surface area contributed by atoms with Crippen LogP contribution in [-0.2, 0) is 13.6 Å². The molecule has 17 heavy (non-hydrogen) atoms. The van der Waals surface area contributed by atoms with E-state index in [0.29, 0.717) is 6.54 Å². The Kier molecular flexibility index (Phi) is 2.38. The Morgan fingerprint density at radius 2 is 2.18 bits per heavy atom. The number of imidazole rings is 1. The van der Waals surface area contributed by atoms with Crippen LogP contribution in [0.2, 0.25) is 0 Å². The molecule has 0 saturated carbocycles. The summed E-state index contributed by atoms with van der Waals surface area (Å²) in [5.74, 6) is 0.190. The highest BCUT2D eigenvalue weighted by molar-refractivity contribution is 5.73. The summed E-state index contributed by atoms with van der Waals surface area (Å²) in [5.41, 5.74) is 6.13. The van der Waals surface area contributed by atoms with Gasteiger partial charge >= 0.3 is 5.69 Å². The molecule has 0 aliphatic rings. The topological polar surface area (TPSA) is 98.7 Å². The molecule has 2 aromatic rings. The number of aryl methyl sites for hydroxylation is 1. The van der Waals surface area contributed by atoms with Crippen LogP contribution in [0.15, 0.2) is 21.7 Å². The predicted octanol–water partition coefficient (Wildman–Crippen LogP) is -0.418. The molecule has 0 atom stereocenters. The summed E-state index contributed by atoms with van der Waals surface area (Å²) in [6.45, 7) is 5.98. The van der Waals surface area contributed by atoms with Gasteiger partial charge in [0.25, 0.3) is 5.56 Å². The van der Waals surface area contributed by atoms with Gasteiger partial charge in [0.15, 0.2) is 11.2 Å². The molecule has 3 N–H and O–H groups in total. The van der Waals surface area contributed by atoms with Crippen LogP contribution in [0.25, 0.3) is 11.2 Å². The Balaban J connectivity index is 2.92. The lowest BCUT2D eigenvalue weighted by molar-refractivity contribution is 0.805. The fraction of sp³-hybridized carbons (Fsp3) is 0.300. The zero-order valence-electron chi connectivity index (χ0n) is 9.65. The number of fused-ring (bicyclic) bond motifs is 1. The SMILES string of the molecule is C=C(C)Cn1c(N)nc2c1c(=O)[nH]c(=O)n2C. The van der Waals surface area contributed by atoms with Gasteiger partial charge in [-0.3, -0.25) is 14.3 Å². The monoisotopic (exact) mass is 235 g/mol. The Hall–Kier alpha value is -2.31. The Morgan fingerprint density at radius 1 is 1.53 bits per heavy atom. The third-order valence-electron chi connectivity index (χ3n) is 2.46. The molecule has 0 amide bonds. The molecule has 2 rings (SSSR count). The normalized spacial score (nSPS) is 10.9. The number of allylic oxidation sites excluding steroid dienone is 1. The Labute approximate surface area is 96.2 Å². The van der Waals surface area contributed by atoms with E-state index in [4.69, 9.17) is 5.73 Å². The van der Waals surface area contributed by atoms with E-state index >= 15 is 0 Å². The van der Waals surface area contributed by atoms with E-state index in [0.717, 1.165) is 5.57 Å². The van der Waals surface area contributed by atoms with Crippen LogP contribution in [0.3, 0.4) is 0 Å². The zero-order chi connectivity index (χ0) is 12.7. The van der Waals surface area contributed by atoms with Crippen molar-refractivity contribution in [3.8, 4) is 0 Å². The molecule has 0 aliphatic heterocycles. The number of hydrogen-bond acceptors (Lipinski definition) is 4. The average molecular weight is 235 g/mol. The van der Waals surface area contributed by atoms with Gasteiger partial charge in [0, 0.05) is 13.6 Å². The molecule has 0 aliphatic carbocycles. The van der Waals surface area contributed by atoms with Crippen molar-refractivity contribution in [2.24, 2.45) is 7.05 Å². The zero-order valence-corrected chi connectivity index (χ0v) is 9.65. The molecule has 0 aromatic carbocycles. The number of rotatable bonds is 2. The van der Waals surface area contributed by atoms with Gasteiger partial charge in [-0.15, -0.1) is 0 Å². The average Bonchev–Trinajstić information content (AvgIpc) is 2.53. The third kappa shape index (κ3) is 1.65. The number of nitrogens with zero attached hydrogens (tertiary/aromatic N) is 3. The molecule has 7 heteroatoms. The summed E-state index contributed by atoms with van der Waals surface area (Å²) in [7, 11) is 1.53. The van der Waals surface area contributed by atoms with Crippen molar-refractivity contribution in [3.63, 3.8) is 0 Å². The van der Waals surface area contributed by atoms with E-state index in [1.54, 1.807) is 0 Å². The second kappa shape index (κ2) is 3.62. The maximum atomic E-state index is 11.8. The number of nitrogens with one attached hydrogen (secondary N) is 1. The highest BCUT2D eigenvalue weighted by Gasteiger charge is 2.14. The van der Waals surface area contributed by atoms with Crippen LogP contribution in [0, 0.1) is 0 Å². The molecular formula is C10H13N5O2. The lowest BCUT2D eigenvalue weighted by atomic mass is 10.3. The first-order valence-corrected chi connectivity index (χ1v) is 5.01. The summed E-state index contributed by atoms with van der Waals surface area (Å²) < 4.78 is 2.79. The van der Waals surface area contributed by atoms with Crippen molar-refractivity contribution < 1.29 is 0 Å². The van der Waals surface area contributed by atoms with Crippen molar-refractivity contribution in [2.45, 2.75) is 13.5 Å². The van der Waals surface area contributed by atoms with Crippen LogP contribution in [-0.4, -0.2) is 19.1 Å². The molecule has 0 spiro atoms. The van der Waals surface area contributed by atoms with Gasteiger partial charge in [0.05, 0.1) is 0 Å². The molecule has 7 nitrogen and oxygen atoms in total. The van der Waals surface area contributed by atoms with Crippen molar-refractivity contribution in [1.29, 1.82) is 0 Å². The van der Waals surface area contributed by atoms with Gasteiger partial charge in [-0.05, 0) is 6.92 Å². The fourth-order valence-corrected chi connectivity index (χ4v) is 1.68. The predicted molar refractivity (Wildman–Crippen MR) is 64.8 cm³/mol. The molecule has 90 valence electrons. The maximum Gasteiger partial charge on any atom is 0.329 e. The van der Waals surface area contributed by atoms with Gasteiger partial charge < -0.3 is 10.3 Å². The fourth-order valence-electron chi connectivity index (χ4n) is 1.68. The number of hydrogen-bond donors (Lipinski definition) is 2. The Bertz CT molecular complexity index is 719. The lowest BCUT2D eigenvalue weighted by Gasteiger charge is -2.04. The van der Waals surface area contributed by atoms with E-state index < -0.39 is 11.2 Å². The highest BCUT2D eigenvalue weighted by atomic mass is 16.2. The van der Waals surface area contributed by atoms with Crippen LogP contribution >= 0.6 is 0 Å². The highest BCUT2D eigenvalue weighted by Crippen LogP contribution is 2.13. The van der Waals surface area contributed by atoms with Gasteiger partial charge in [0.1, 0.15) is 0 Å². The molecule has 0 fully saturated rings. The van der Waals surface area contributed by atoms with E-state index in [2.05, 4.69) is 16.5 Å². The number of aromatic amines is 1. The maximum absolute atomic E-state index is 11.8. The first-order chi connectivity index (χ1) is 7.91. The van der Waals surface area contributed by atoms with Crippen LogP contribution in [0.4, 0.5) is 5.95 Å². The van der Waals surface area contributed by atoms with E-state index in [9.17, 15) is 9.59 Å². The summed E-state index contributed by atoms with van der Waals surface area (Å²) in [6, 6.07) is 0. The lowest BCUT2D eigenvalue weighted by Crippen LogP contribution is -2.29. The second-order valence-corrected chi connectivity index (χ2v) is 4.00. The number of aromatic nitrogens is 4. The first kappa shape index (κ1) is 11.2. The van der Waals surface area contributed by atoms with Crippen LogP contribution in [0.5, 0.6) is 0 Å². The standard InChI is InChI=1S/C10H13N5O2/c1-5(2)4-15-6-7(12-9(15)11)14(3)10(17)13-8(6)16/h1,4H2,2-3H3,(H2,11,12)(H,13,16,17). The molecule has 0 saturated heterocycles. The minimum absolute atomic E-state index is 0.190. The molecule has 0 unspecified atom stereocenters. The molecular weight excluding hydrogens is 222 g/mol. The van der Waals surface area contributed by atoms with Gasteiger partial charge in [0.2, 0.25) is 5.95 Å². The molecule has 2 aromatic heterocycles. The first-order valence-electron chi connectivity index (χ1n) is 5.01. The summed E-state index contributed by atoms with van der Waals surface area (Å²) in [5, 5.41) is 0. The largest absolute Gasteiger partial charge is 0.369 e. The van der Waals surface area contributed by atoms with Gasteiger partial charge in [-0.2, -0.15) is 4.98 Å². The third-order valence-corrected chi connectivity index (χ3v) is 2.46. The number of H-pyrrole nitrogens is 1. The second-order valence-electron chi connectivity index (χ2n) is 4.00.